The van der Waals surface area contributed by atoms with Crippen molar-refractivity contribution in [1.29, 1.82) is 0 Å². The molecule has 0 atom stereocenters. The molecular weight excluding hydrogens is 292 g/mol. The number of anilines is 1. The van der Waals surface area contributed by atoms with Gasteiger partial charge in [-0.05, 0) is 13.8 Å². The van der Waals surface area contributed by atoms with Gasteiger partial charge in [-0.25, -0.2) is 5.43 Å². The first-order valence-electron chi connectivity index (χ1n) is 6.42. The zero-order valence-electron chi connectivity index (χ0n) is 12.0. The van der Waals surface area contributed by atoms with Crippen molar-refractivity contribution in [2.24, 2.45) is 10.8 Å². The lowest BCUT2D eigenvalue weighted by atomic mass is 10.1. The Labute approximate surface area is 124 Å². The van der Waals surface area contributed by atoms with Gasteiger partial charge in [0.05, 0.1) is 5.56 Å². The molecule has 2 heterocycles. The summed E-state index contributed by atoms with van der Waals surface area (Å²) < 4.78 is 5.26. The highest BCUT2D eigenvalue weighted by Gasteiger charge is 2.27. The molecule has 0 fully saturated rings. The van der Waals surface area contributed by atoms with Crippen molar-refractivity contribution in [3.63, 3.8) is 0 Å². The molecule has 1 aliphatic rings. The molecule has 9 heteroatoms. The molecule has 1 aliphatic heterocycles. The number of rotatable bonds is 4. The van der Waals surface area contributed by atoms with Crippen molar-refractivity contribution in [2.45, 2.75) is 26.7 Å². The average molecular weight is 306 g/mol. The first-order valence-corrected chi connectivity index (χ1v) is 6.42. The zero-order chi connectivity index (χ0) is 16.4. The van der Waals surface area contributed by atoms with Crippen LogP contribution in [0.1, 0.15) is 46.2 Å². The number of hydrogen-bond donors (Lipinski definition) is 3. The van der Waals surface area contributed by atoms with Crippen LogP contribution >= 0.6 is 0 Å². The fourth-order valence-electron chi connectivity index (χ4n) is 2.10. The number of carbonyl (C=O) groups is 4. The molecule has 22 heavy (non-hydrogen) atoms. The number of aryl methyl sites for hydroxylation is 1. The van der Waals surface area contributed by atoms with Crippen LogP contribution in [0.15, 0.2) is 9.52 Å². The summed E-state index contributed by atoms with van der Waals surface area (Å²) >= 11 is 0. The van der Waals surface area contributed by atoms with E-state index in [2.05, 4.69) is 15.8 Å². The summed E-state index contributed by atoms with van der Waals surface area (Å²) in [4.78, 5) is 46.1. The van der Waals surface area contributed by atoms with Crippen LogP contribution in [0.3, 0.4) is 0 Å². The predicted octanol–water partition coefficient (Wildman–Crippen LogP) is 0.0940. The third kappa shape index (κ3) is 2.87. The van der Waals surface area contributed by atoms with Crippen LogP contribution < -0.4 is 16.5 Å². The lowest BCUT2D eigenvalue weighted by Crippen LogP contribution is -2.33. The Morgan fingerprint density at radius 3 is 2.45 bits per heavy atom. The van der Waals surface area contributed by atoms with E-state index in [0.29, 0.717) is 0 Å². The Hall–Kier alpha value is -2.97. The Kier molecular flexibility index (Phi) is 4.06. The summed E-state index contributed by atoms with van der Waals surface area (Å²) in [6.07, 6.45) is 0.285. The smallest absolute Gasteiger partial charge is 0.274 e. The van der Waals surface area contributed by atoms with Gasteiger partial charge in [-0.2, -0.15) is 5.10 Å². The van der Waals surface area contributed by atoms with Crippen LogP contribution in [-0.4, -0.2) is 29.2 Å². The lowest BCUT2D eigenvalue weighted by Gasteiger charge is -2.11. The molecule has 0 unspecified atom stereocenters. The first-order chi connectivity index (χ1) is 10.3. The van der Waals surface area contributed by atoms with E-state index in [-0.39, 0.29) is 47.2 Å². The number of carbonyl (C=O) groups excluding carboxylic acids is 4. The topological polar surface area (TPSA) is 144 Å². The van der Waals surface area contributed by atoms with Gasteiger partial charge in [0.2, 0.25) is 11.8 Å². The average Bonchev–Trinajstić information content (AvgIpc) is 2.76. The van der Waals surface area contributed by atoms with Crippen LogP contribution in [0.25, 0.3) is 0 Å². The van der Waals surface area contributed by atoms with Crippen LogP contribution in [0.2, 0.25) is 0 Å². The Bertz CT molecular complexity index is 716. The monoisotopic (exact) mass is 306 g/mol. The number of nitrogens with two attached hydrogens (primary N) is 1. The second kappa shape index (κ2) is 5.80. The largest absolute Gasteiger partial charge is 0.444 e. The second-order valence-corrected chi connectivity index (χ2v) is 4.71. The number of hydrogen-bond acceptors (Lipinski definition) is 6. The van der Waals surface area contributed by atoms with Crippen LogP contribution in [-0.2, 0) is 9.59 Å². The van der Waals surface area contributed by atoms with Crippen molar-refractivity contribution in [1.82, 2.24) is 5.43 Å². The van der Waals surface area contributed by atoms with Crippen LogP contribution in [0.4, 0.5) is 5.88 Å². The molecule has 1 aromatic rings. The van der Waals surface area contributed by atoms with Gasteiger partial charge >= 0.3 is 0 Å². The van der Waals surface area contributed by atoms with Crippen molar-refractivity contribution >= 4 is 35.1 Å². The Morgan fingerprint density at radius 1 is 1.27 bits per heavy atom. The van der Waals surface area contributed by atoms with Gasteiger partial charge in [-0.3, -0.25) is 24.5 Å². The highest BCUT2D eigenvalue weighted by molar-refractivity contribution is 6.43. The standard InChI is InChI=1S/C13H14N4O5/c1-5(18)9-6(2)22-13(10(9)11(14)20)15-12(21)7-3-4-8(19)17-16-7/h3-4H2,1-2H3,(H2,14,20)(H,15,21)(H,17,19). The lowest BCUT2D eigenvalue weighted by molar-refractivity contribution is -0.121. The number of nitrogens with one attached hydrogen (secondary N) is 2. The molecule has 9 nitrogen and oxygen atoms in total. The van der Waals surface area contributed by atoms with E-state index in [4.69, 9.17) is 10.2 Å². The van der Waals surface area contributed by atoms with Gasteiger partial charge in [0.1, 0.15) is 17.0 Å². The van der Waals surface area contributed by atoms with E-state index < -0.39 is 17.6 Å². The molecule has 0 bridgehead atoms. The molecule has 4 N–H and O–H groups in total. The van der Waals surface area contributed by atoms with E-state index in [9.17, 15) is 19.2 Å². The maximum atomic E-state index is 12.0. The number of furan rings is 1. The van der Waals surface area contributed by atoms with Gasteiger partial charge in [-0.15, -0.1) is 0 Å². The quantitative estimate of drug-likeness (QED) is 0.675. The summed E-state index contributed by atoms with van der Waals surface area (Å²) in [6.45, 7) is 2.74. The molecular formula is C13H14N4O5. The summed E-state index contributed by atoms with van der Waals surface area (Å²) in [5.41, 5.74) is 7.36. The number of nitrogens with zero attached hydrogens (tertiary/aromatic N) is 1. The molecule has 116 valence electrons. The molecule has 1 aromatic heterocycles. The summed E-state index contributed by atoms with van der Waals surface area (Å²) in [5.74, 6) is -2.27. The van der Waals surface area contributed by atoms with Crippen molar-refractivity contribution in [2.75, 3.05) is 5.32 Å². The molecule has 0 spiro atoms. The third-order valence-electron chi connectivity index (χ3n) is 3.08. The molecule has 0 radical (unpaired) electrons. The van der Waals surface area contributed by atoms with E-state index in [1.54, 1.807) is 0 Å². The summed E-state index contributed by atoms with van der Waals surface area (Å²) in [6, 6.07) is 0. The van der Waals surface area contributed by atoms with Gasteiger partial charge in [0.25, 0.3) is 11.8 Å². The molecule has 3 amide bonds. The van der Waals surface area contributed by atoms with Crippen molar-refractivity contribution in [3.8, 4) is 0 Å². The zero-order valence-corrected chi connectivity index (χ0v) is 12.0. The molecule has 0 aromatic carbocycles. The van der Waals surface area contributed by atoms with E-state index in [1.807, 2.05) is 0 Å². The van der Waals surface area contributed by atoms with E-state index >= 15 is 0 Å². The van der Waals surface area contributed by atoms with Gasteiger partial charge in [0, 0.05) is 12.8 Å². The van der Waals surface area contributed by atoms with E-state index in [0.717, 1.165) is 0 Å². The third-order valence-corrected chi connectivity index (χ3v) is 3.08. The fraction of sp³-hybridized carbons (Fsp3) is 0.308. The fourth-order valence-corrected chi connectivity index (χ4v) is 2.10. The Morgan fingerprint density at radius 2 is 1.95 bits per heavy atom. The van der Waals surface area contributed by atoms with E-state index in [1.165, 1.54) is 13.8 Å². The highest BCUT2D eigenvalue weighted by Crippen LogP contribution is 2.27. The van der Waals surface area contributed by atoms with Crippen LogP contribution in [0, 0.1) is 6.92 Å². The maximum absolute atomic E-state index is 12.0. The number of primary amides is 1. The van der Waals surface area contributed by atoms with Crippen molar-refractivity contribution in [3.05, 3.63) is 16.9 Å². The number of Topliss-reactive ketones (excluding diaryl/α,β-unsaturated/α-hetero) is 1. The highest BCUT2D eigenvalue weighted by atomic mass is 16.4. The maximum Gasteiger partial charge on any atom is 0.274 e. The minimum atomic E-state index is -0.892. The van der Waals surface area contributed by atoms with Crippen LogP contribution in [0.5, 0.6) is 0 Å². The minimum Gasteiger partial charge on any atom is -0.444 e. The molecule has 0 saturated carbocycles. The summed E-state index contributed by atoms with van der Waals surface area (Å²) in [7, 11) is 0. The number of amides is 3. The molecule has 0 saturated heterocycles. The number of hydrazone groups is 1. The molecule has 2 rings (SSSR count). The van der Waals surface area contributed by atoms with Crippen molar-refractivity contribution < 1.29 is 23.6 Å². The van der Waals surface area contributed by atoms with Gasteiger partial charge in [0.15, 0.2) is 5.78 Å². The predicted molar refractivity (Wildman–Crippen MR) is 75.4 cm³/mol. The Balaban J connectivity index is 2.32. The minimum absolute atomic E-state index is 0.0293. The summed E-state index contributed by atoms with van der Waals surface area (Å²) in [5, 5.41) is 5.98. The molecule has 0 aliphatic carbocycles. The second-order valence-electron chi connectivity index (χ2n) is 4.71. The normalized spacial score (nSPS) is 14.1. The van der Waals surface area contributed by atoms with Gasteiger partial charge < -0.3 is 10.2 Å². The number of ketones is 1. The SMILES string of the molecule is CC(=O)c1c(C)oc(NC(=O)C2=NNC(=O)CC2)c1C(N)=O. The van der Waals surface area contributed by atoms with Gasteiger partial charge in [-0.1, -0.05) is 0 Å². The first kappa shape index (κ1) is 15.4.